The van der Waals surface area contributed by atoms with Crippen molar-refractivity contribution in [2.45, 2.75) is 6.18 Å². The van der Waals surface area contributed by atoms with Crippen LogP contribution >= 0.6 is 0 Å². The van der Waals surface area contributed by atoms with Gasteiger partial charge in [-0.1, -0.05) is 24.3 Å². The van der Waals surface area contributed by atoms with Gasteiger partial charge >= 0.3 is 6.18 Å². The van der Waals surface area contributed by atoms with E-state index in [9.17, 15) is 13.2 Å². The molecule has 0 fully saturated rings. The Morgan fingerprint density at radius 3 is 2.40 bits per heavy atom. The van der Waals surface area contributed by atoms with Crippen LogP contribution in [0.4, 0.5) is 13.2 Å². The lowest BCUT2D eigenvalue weighted by molar-refractivity contribution is -0.137. The minimum atomic E-state index is -4.32. The van der Waals surface area contributed by atoms with E-state index in [0.29, 0.717) is 5.56 Å². The van der Waals surface area contributed by atoms with E-state index < -0.39 is 11.7 Å². The largest absolute Gasteiger partial charge is 0.416 e. The van der Waals surface area contributed by atoms with Crippen molar-refractivity contribution >= 4 is 10.9 Å². The van der Waals surface area contributed by atoms with Gasteiger partial charge in [-0.2, -0.15) is 13.2 Å². The number of alkyl halides is 3. The predicted octanol–water partition coefficient (Wildman–Crippen LogP) is 4.92. The topological polar surface area (TPSA) is 12.9 Å². The molecule has 2 aromatic carbocycles. The molecule has 3 rings (SSSR count). The predicted molar refractivity (Wildman–Crippen MR) is 72.2 cm³/mol. The Morgan fingerprint density at radius 2 is 1.60 bits per heavy atom. The van der Waals surface area contributed by atoms with Gasteiger partial charge in [-0.05, 0) is 41.5 Å². The van der Waals surface area contributed by atoms with E-state index in [1.807, 2.05) is 18.2 Å². The molecule has 0 saturated carbocycles. The maximum atomic E-state index is 12.7. The molecular formula is C16H10F3N. The molecular weight excluding hydrogens is 263 g/mol. The Balaban J connectivity index is 2.11. The molecule has 0 aliphatic rings. The molecule has 0 aliphatic carbocycles. The Morgan fingerprint density at radius 1 is 0.800 bits per heavy atom. The standard InChI is InChI=1S/C16H10F3N/c17-16(18,19)14-5-1-3-11(10-14)12-6-7-15-13(9-12)4-2-8-20-15/h1-10H. The fourth-order valence-corrected chi connectivity index (χ4v) is 2.13. The van der Waals surface area contributed by atoms with Gasteiger partial charge in [0.25, 0.3) is 0 Å². The van der Waals surface area contributed by atoms with E-state index in [4.69, 9.17) is 0 Å². The minimum absolute atomic E-state index is 0.547. The van der Waals surface area contributed by atoms with Crippen molar-refractivity contribution < 1.29 is 13.2 Å². The zero-order chi connectivity index (χ0) is 14.2. The number of rotatable bonds is 1. The summed E-state index contributed by atoms with van der Waals surface area (Å²) < 4.78 is 38.2. The van der Waals surface area contributed by atoms with Crippen LogP contribution in [0.2, 0.25) is 0 Å². The fourth-order valence-electron chi connectivity index (χ4n) is 2.13. The van der Waals surface area contributed by atoms with Crippen molar-refractivity contribution in [2.24, 2.45) is 0 Å². The summed E-state index contributed by atoms with van der Waals surface area (Å²) in [6.07, 6.45) is -2.64. The Hall–Kier alpha value is -2.36. The molecule has 0 spiro atoms. The number of fused-ring (bicyclic) bond motifs is 1. The molecule has 0 N–H and O–H groups in total. The molecule has 20 heavy (non-hydrogen) atoms. The second kappa shape index (κ2) is 4.63. The maximum Gasteiger partial charge on any atom is 0.416 e. The Bertz CT molecular complexity index is 763. The quantitative estimate of drug-likeness (QED) is 0.613. The van der Waals surface area contributed by atoms with Crippen molar-refractivity contribution in [2.75, 3.05) is 0 Å². The van der Waals surface area contributed by atoms with Gasteiger partial charge in [0, 0.05) is 11.6 Å². The summed E-state index contributed by atoms with van der Waals surface area (Å²) in [6, 6.07) is 14.5. The van der Waals surface area contributed by atoms with Crippen molar-refractivity contribution in [3.05, 3.63) is 66.4 Å². The van der Waals surface area contributed by atoms with Gasteiger partial charge in [0.1, 0.15) is 0 Å². The van der Waals surface area contributed by atoms with Gasteiger partial charge in [-0.3, -0.25) is 4.98 Å². The average molecular weight is 273 g/mol. The zero-order valence-electron chi connectivity index (χ0n) is 10.4. The van der Waals surface area contributed by atoms with Crippen molar-refractivity contribution in [1.29, 1.82) is 0 Å². The minimum Gasteiger partial charge on any atom is -0.256 e. The summed E-state index contributed by atoms with van der Waals surface area (Å²) in [7, 11) is 0. The van der Waals surface area contributed by atoms with Crippen molar-refractivity contribution in [3.8, 4) is 11.1 Å². The molecule has 0 saturated heterocycles. The second-order valence-electron chi connectivity index (χ2n) is 4.49. The summed E-state index contributed by atoms with van der Waals surface area (Å²) in [4.78, 5) is 4.19. The van der Waals surface area contributed by atoms with Gasteiger partial charge < -0.3 is 0 Å². The summed E-state index contributed by atoms with van der Waals surface area (Å²) in [5.41, 5.74) is 1.48. The molecule has 1 nitrogen and oxygen atoms in total. The van der Waals surface area contributed by atoms with Crippen LogP contribution in [0.1, 0.15) is 5.56 Å². The van der Waals surface area contributed by atoms with Crippen molar-refractivity contribution in [1.82, 2.24) is 4.98 Å². The van der Waals surface area contributed by atoms with Crippen LogP contribution in [0.25, 0.3) is 22.0 Å². The first-order chi connectivity index (χ1) is 9.54. The fraction of sp³-hybridized carbons (Fsp3) is 0.0625. The third-order valence-corrected chi connectivity index (χ3v) is 3.13. The van der Waals surface area contributed by atoms with E-state index in [1.165, 1.54) is 6.07 Å². The third kappa shape index (κ3) is 2.37. The molecule has 3 aromatic rings. The van der Waals surface area contributed by atoms with Crippen LogP contribution in [-0.2, 0) is 6.18 Å². The van der Waals surface area contributed by atoms with E-state index in [1.54, 1.807) is 24.4 Å². The summed E-state index contributed by atoms with van der Waals surface area (Å²) in [6.45, 7) is 0. The lowest BCUT2D eigenvalue weighted by atomic mass is 10.0. The molecule has 1 heterocycles. The van der Waals surface area contributed by atoms with Gasteiger partial charge in [-0.25, -0.2) is 0 Å². The summed E-state index contributed by atoms with van der Waals surface area (Å²) in [5.74, 6) is 0. The van der Waals surface area contributed by atoms with Crippen LogP contribution in [-0.4, -0.2) is 4.98 Å². The molecule has 0 unspecified atom stereocenters. The lowest BCUT2D eigenvalue weighted by Gasteiger charge is -2.09. The first kappa shape index (κ1) is 12.7. The summed E-state index contributed by atoms with van der Waals surface area (Å²) >= 11 is 0. The molecule has 0 radical (unpaired) electrons. The first-order valence-electron chi connectivity index (χ1n) is 6.06. The van der Waals surface area contributed by atoms with Gasteiger partial charge in [-0.15, -0.1) is 0 Å². The van der Waals surface area contributed by atoms with Crippen molar-refractivity contribution in [3.63, 3.8) is 0 Å². The highest BCUT2D eigenvalue weighted by Crippen LogP contribution is 2.32. The number of pyridine rings is 1. The Labute approximate surface area is 113 Å². The molecule has 0 bridgehead atoms. The lowest BCUT2D eigenvalue weighted by Crippen LogP contribution is -2.04. The van der Waals surface area contributed by atoms with Crippen LogP contribution < -0.4 is 0 Å². The molecule has 100 valence electrons. The van der Waals surface area contributed by atoms with Crippen LogP contribution in [0.3, 0.4) is 0 Å². The average Bonchev–Trinajstić information content (AvgIpc) is 2.46. The van der Waals surface area contributed by atoms with Crippen LogP contribution in [0, 0.1) is 0 Å². The van der Waals surface area contributed by atoms with Gasteiger partial charge in [0.15, 0.2) is 0 Å². The van der Waals surface area contributed by atoms with E-state index >= 15 is 0 Å². The number of nitrogens with zero attached hydrogens (tertiary/aromatic N) is 1. The number of halogens is 3. The highest BCUT2D eigenvalue weighted by Gasteiger charge is 2.30. The van der Waals surface area contributed by atoms with Crippen LogP contribution in [0.5, 0.6) is 0 Å². The number of hydrogen-bond acceptors (Lipinski definition) is 1. The highest BCUT2D eigenvalue weighted by atomic mass is 19.4. The maximum absolute atomic E-state index is 12.7. The molecule has 4 heteroatoms. The van der Waals surface area contributed by atoms with E-state index in [2.05, 4.69) is 4.98 Å². The molecule has 0 amide bonds. The number of aromatic nitrogens is 1. The Kier molecular flexibility index (Phi) is 2.93. The normalized spacial score (nSPS) is 11.8. The second-order valence-corrected chi connectivity index (χ2v) is 4.49. The monoisotopic (exact) mass is 273 g/mol. The number of hydrogen-bond donors (Lipinski definition) is 0. The van der Waals surface area contributed by atoms with E-state index in [-0.39, 0.29) is 0 Å². The zero-order valence-corrected chi connectivity index (χ0v) is 10.4. The highest BCUT2D eigenvalue weighted by molar-refractivity contribution is 5.84. The number of benzene rings is 2. The van der Waals surface area contributed by atoms with Crippen LogP contribution in [0.15, 0.2) is 60.8 Å². The third-order valence-electron chi connectivity index (χ3n) is 3.13. The van der Waals surface area contributed by atoms with Gasteiger partial charge in [0.2, 0.25) is 0 Å². The molecule has 0 atom stereocenters. The smallest absolute Gasteiger partial charge is 0.256 e. The SMILES string of the molecule is FC(F)(F)c1cccc(-c2ccc3ncccc3c2)c1. The van der Waals surface area contributed by atoms with Gasteiger partial charge in [0.05, 0.1) is 11.1 Å². The molecule has 1 aromatic heterocycles. The summed E-state index contributed by atoms with van der Waals surface area (Å²) in [5, 5.41) is 0.905. The molecule has 0 aliphatic heterocycles. The first-order valence-corrected chi connectivity index (χ1v) is 6.06. The van der Waals surface area contributed by atoms with E-state index in [0.717, 1.165) is 28.6 Å².